The Balaban J connectivity index is 2.18. The van der Waals surface area contributed by atoms with Gasteiger partial charge in [0.15, 0.2) is 0 Å². The Morgan fingerprint density at radius 2 is 1.73 bits per heavy atom. The summed E-state index contributed by atoms with van der Waals surface area (Å²) in [5.74, 6) is -0.00934. The molecule has 0 saturated heterocycles. The molecule has 0 radical (unpaired) electrons. The van der Waals surface area contributed by atoms with Crippen molar-refractivity contribution in [2.24, 2.45) is 0 Å². The molecule has 2 aromatic rings. The van der Waals surface area contributed by atoms with Crippen LogP contribution in [0.1, 0.15) is 42.2 Å². The van der Waals surface area contributed by atoms with Crippen LogP contribution in [0.25, 0.3) is 0 Å². The number of rotatable bonds is 8. The van der Waals surface area contributed by atoms with Crippen LogP contribution in [0.15, 0.2) is 48.5 Å². The van der Waals surface area contributed by atoms with Gasteiger partial charge < -0.3 is 14.8 Å². The summed E-state index contributed by atoms with van der Waals surface area (Å²) in [6.07, 6.45) is 0.000340. The van der Waals surface area contributed by atoms with Gasteiger partial charge in [0, 0.05) is 10.6 Å². The Labute approximate surface area is 158 Å². The SMILES string of the molecule is CCOC(=O)CC(NC(=O)c1ccc(OCC)cc1)c1ccccc1Cl. The van der Waals surface area contributed by atoms with Gasteiger partial charge in [-0.3, -0.25) is 9.59 Å². The third-order valence-electron chi connectivity index (χ3n) is 3.69. The molecule has 0 aliphatic heterocycles. The molecule has 0 bridgehead atoms. The van der Waals surface area contributed by atoms with Crippen LogP contribution >= 0.6 is 11.6 Å². The van der Waals surface area contributed by atoms with Crippen LogP contribution < -0.4 is 10.1 Å². The van der Waals surface area contributed by atoms with Crippen LogP contribution in [0.2, 0.25) is 5.02 Å². The second kappa shape index (κ2) is 9.82. The molecule has 0 aliphatic carbocycles. The molecule has 5 nitrogen and oxygen atoms in total. The summed E-state index contributed by atoms with van der Waals surface area (Å²) in [6, 6.07) is 13.3. The number of halogens is 1. The molecule has 6 heteroatoms. The monoisotopic (exact) mass is 375 g/mol. The van der Waals surface area contributed by atoms with Crippen molar-refractivity contribution in [3.05, 3.63) is 64.7 Å². The maximum atomic E-state index is 12.6. The van der Waals surface area contributed by atoms with Crippen LogP contribution in [0.4, 0.5) is 0 Å². The molecule has 0 fully saturated rings. The molecule has 2 rings (SSSR count). The van der Waals surface area contributed by atoms with Gasteiger partial charge >= 0.3 is 5.97 Å². The Morgan fingerprint density at radius 3 is 2.35 bits per heavy atom. The lowest BCUT2D eigenvalue weighted by Gasteiger charge is -2.20. The quantitative estimate of drug-likeness (QED) is 0.703. The molecule has 0 heterocycles. The number of amides is 1. The third kappa shape index (κ3) is 5.49. The predicted octanol–water partition coefficient (Wildman–Crippen LogP) is 4.16. The highest BCUT2D eigenvalue weighted by Crippen LogP contribution is 2.26. The lowest BCUT2D eigenvalue weighted by molar-refractivity contribution is -0.143. The van der Waals surface area contributed by atoms with E-state index in [1.165, 1.54) is 0 Å². The molecule has 0 saturated carbocycles. The van der Waals surface area contributed by atoms with E-state index < -0.39 is 12.0 Å². The van der Waals surface area contributed by atoms with Crippen LogP contribution in [0.3, 0.4) is 0 Å². The molecule has 138 valence electrons. The number of benzene rings is 2. The summed E-state index contributed by atoms with van der Waals surface area (Å²) in [6.45, 7) is 4.46. The van der Waals surface area contributed by atoms with E-state index in [2.05, 4.69) is 5.32 Å². The van der Waals surface area contributed by atoms with Gasteiger partial charge in [0.1, 0.15) is 5.75 Å². The van der Waals surface area contributed by atoms with E-state index in [1.54, 1.807) is 49.4 Å². The van der Waals surface area contributed by atoms with Gasteiger partial charge in [0.25, 0.3) is 5.91 Å². The van der Waals surface area contributed by atoms with E-state index in [9.17, 15) is 9.59 Å². The van der Waals surface area contributed by atoms with E-state index in [-0.39, 0.29) is 18.9 Å². The smallest absolute Gasteiger partial charge is 0.308 e. The Hall–Kier alpha value is -2.53. The molecular formula is C20H22ClNO4. The summed E-state index contributed by atoms with van der Waals surface area (Å²) in [7, 11) is 0. The first-order valence-corrected chi connectivity index (χ1v) is 8.86. The van der Waals surface area contributed by atoms with Gasteiger partial charge in [-0.05, 0) is 49.7 Å². The molecule has 1 atom stereocenters. The number of carbonyl (C=O) groups excluding carboxylic acids is 2. The lowest BCUT2D eigenvalue weighted by atomic mass is 10.0. The summed E-state index contributed by atoms with van der Waals surface area (Å²) >= 11 is 6.24. The number of nitrogens with one attached hydrogen (secondary N) is 1. The van der Waals surface area contributed by atoms with E-state index in [1.807, 2.05) is 13.0 Å². The first-order chi connectivity index (χ1) is 12.5. The van der Waals surface area contributed by atoms with Crippen LogP contribution in [-0.4, -0.2) is 25.1 Å². The second-order valence-electron chi connectivity index (χ2n) is 5.51. The Morgan fingerprint density at radius 1 is 1.04 bits per heavy atom. The van der Waals surface area contributed by atoms with Crippen molar-refractivity contribution >= 4 is 23.5 Å². The van der Waals surface area contributed by atoms with E-state index in [0.29, 0.717) is 28.5 Å². The highest BCUT2D eigenvalue weighted by atomic mass is 35.5. The van der Waals surface area contributed by atoms with Crippen molar-refractivity contribution < 1.29 is 19.1 Å². The van der Waals surface area contributed by atoms with Gasteiger partial charge in [0.2, 0.25) is 0 Å². The first-order valence-electron chi connectivity index (χ1n) is 8.48. The molecule has 0 spiro atoms. The van der Waals surface area contributed by atoms with Crippen molar-refractivity contribution in [2.75, 3.05) is 13.2 Å². The Kier molecular flexibility index (Phi) is 7.48. The lowest BCUT2D eigenvalue weighted by Crippen LogP contribution is -2.30. The maximum absolute atomic E-state index is 12.6. The fourth-order valence-electron chi connectivity index (χ4n) is 2.49. The number of hydrogen-bond donors (Lipinski definition) is 1. The second-order valence-corrected chi connectivity index (χ2v) is 5.92. The summed E-state index contributed by atoms with van der Waals surface area (Å²) < 4.78 is 10.4. The largest absolute Gasteiger partial charge is 0.494 e. The molecule has 2 aromatic carbocycles. The zero-order valence-electron chi connectivity index (χ0n) is 14.8. The van der Waals surface area contributed by atoms with Crippen molar-refractivity contribution in [3.63, 3.8) is 0 Å². The fourth-order valence-corrected chi connectivity index (χ4v) is 2.76. The molecule has 1 amide bonds. The van der Waals surface area contributed by atoms with E-state index in [4.69, 9.17) is 21.1 Å². The average molecular weight is 376 g/mol. The summed E-state index contributed by atoms with van der Waals surface area (Å²) in [5.41, 5.74) is 1.14. The van der Waals surface area contributed by atoms with Crippen molar-refractivity contribution in [3.8, 4) is 5.75 Å². The van der Waals surface area contributed by atoms with E-state index >= 15 is 0 Å². The maximum Gasteiger partial charge on any atom is 0.308 e. The Bertz CT molecular complexity index is 746. The molecule has 26 heavy (non-hydrogen) atoms. The number of hydrogen-bond acceptors (Lipinski definition) is 4. The van der Waals surface area contributed by atoms with Gasteiger partial charge in [-0.1, -0.05) is 29.8 Å². The minimum atomic E-state index is -0.582. The van der Waals surface area contributed by atoms with Crippen molar-refractivity contribution in [1.29, 1.82) is 0 Å². The average Bonchev–Trinajstić information content (AvgIpc) is 2.62. The summed E-state index contributed by atoms with van der Waals surface area (Å²) in [4.78, 5) is 24.5. The van der Waals surface area contributed by atoms with Crippen molar-refractivity contribution in [2.45, 2.75) is 26.3 Å². The number of esters is 1. The zero-order chi connectivity index (χ0) is 18.9. The molecular weight excluding hydrogens is 354 g/mol. The van der Waals surface area contributed by atoms with Gasteiger partial charge in [-0.25, -0.2) is 0 Å². The molecule has 1 N–H and O–H groups in total. The van der Waals surface area contributed by atoms with Crippen LogP contribution in [0.5, 0.6) is 5.75 Å². The molecule has 0 aliphatic rings. The normalized spacial score (nSPS) is 11.5. The third-order valence-corrected chi connectivity index (χ3v) is 4.03. The van der Waals surface area contributed by atoms with Crippen LogP contribution in [0, 0.1) is 0 Å². The highest BCUT2D eigenvalue weighted by Gasteiger charge is 2.22. The van der Waals surface area contributed by atoms with Gasteiger partial charge in [-0.2, -0.15) is 0 Å². The predicted molar refractivity (Wildman–Crippen MR) is 101 cm³/mol. The number of ether oxygens (including phenoxy) is 2. The molecule has 1 unspecified atom stereocenters. The minimum absolute atomic E-state index is 0.000340. The number of carbonyl (C=O) groups is 2. The van der Waals surface area contributed by atoms with Crippen LogP contribution in [-0.2, 0) is 9.53 Å². The standard InChI is InChI=1S/C20H22ClNO4/c1-3-25-15-11-9-14(10-12-15)20(24)22-18(13-19(23)26-4-2)16-7-5-6-8-17(16)21/h5-12,18H,3-4,13H2,1-2H3,(H,22,24). The highest BCUT2D eigenvalue weighted by molar-refractivity contribution is 6.31. The van der Waals surface area contributed by atoms with Crippen molar-refractivity contribution in [1.82, 2.24) is 5.32 Å². The topological polar surface area (TPSA) is 64.6 Å². The van der Waals surface area contributed by atoms with Gasteiger partial charge in [0.05, 0.1) is 25.7 Å². The minimum Gasteiger partial charge on any atom is -0.494 e. The van der Waals surface area contributed by atoms with Gasteiger partial charge in [-0.15, -0.1) is 0 Å². The fraction of sp³-hybridized carbons (Fsp3) is 0.300. The first kappa shape index (κ1) is 19.8. The molecule has 0 aromatic heterocycles. The summed E-state index contributed by atoms with van der Waals surface area (Å²) in [5, 5.41) is 3.35. The van der Waals surface area contributed by atoms with E-state index in [0.717, 1.165) is 0 Å². The zero-order valence-corrected chi connectivity index (χ0v) is 15.6.